The Balaban J connectivity index is 3.17. The molecule has 0 aliphatic carbocycles. The third-order valence-electron chi connectivity index (χ3n) is 3.08. The second-order valence-electron chi connectivity index (χ2n) is 6.31. The summed E-state index contributed by atoms with van der Waals surface area (Å²) >= 11 is 0. The zero-order chi connectivity index (χ0) is 16.8. The largest absolute Gasteiger partial charge is 0.271 e. The lowest BCUT2D eigenvalue weighted by Crippen LogP contribution is -2.28. The van der Waals surface area contributed by atoms with E-state index in [4.69, 9.17) is 0 Å². The number of carbonyl (C=O) groups excluding carboxylic acids is 1. The highest BCUT2D eigenvalue weighted by atomic mass is 32.2. The summed E-state index contributed by atoms with van der Waals surface area (Å²) in [4.78, 5) is 12.7. The van der Waals surface area contributed by atoms with Crippen molar-refractivity contribution in [2.45, 2.75) is 45.4 Å². The number of unbranched alkanes of at least 4 members (excludes halogenated alkanes) is 1. The van der Waals surface area contributed by atoms with Crippen LogP contribution in [0.3, 0.4) is 0 Å². The van der Waals surface area contributed by atoms with Gasteiger partial charge in [-0.25, -0.2) is 8.93 Å². The first-order chi connectivity index (χ1) is 10.2. The average molecular weight is 322 g/mol. The molecule has 0 spiro atoms. The topological polar surface area (TPSA) is 58.5 Å². The summed E-state index contributed by atoms with van der Waals surface area (Å²) in [5, 5.41) is 0. The van der Waals surface area contributed by atoms with E-state index < -0.39 is 15.3 Å². The third kappa shape index (κ3) is 5.39. The van der Waals surface area contributed by atoms with Crippen molar-refractivity contribution in [1.29, 1.82) is 0 Å². The van der Waals surface area contributed by atoms with Crippen molar-refractivity contribution < 1.29 is 9.00 Å². The minimum absolute atomic E-state index is 0.366. The van der Waals surface area contributed by atoms with Gasteiger partial charge in [-0.2, -0.15) is 0 Å². The third-order valence-corrected chi connectivity index (χ3v) is 5.01. The molecular formula is C17H26N2O2S. The van der Waals surface area contributed by atoms with E-state index in [1.165, 1.54) is 0 Å². The van der Waals surface area contributed by atoms with Crippen LogP contribution in [0.15, 0.2) is 46.2 Å². The molecule has 1 aromatic carbocycles. The molecule has 1 amide bonds. The molecule has 122 valence electrons. The molecule has 0 radical (unpaired) electrons. The van der Waals surface area contributed by atoms with Crippen LogP contribution in [0.5, 0.6) is 0 Å². The molecule has 0 aliphatic rings. The lowest BCUT2D eigenvalue weighted by atomic mass is 9.96. The maximum absolute atomic E-state index is 13.2. The van der Waals surface area contributed by atoms with E-state index in [9.17, 15) is 9.00 Å². The molecule has 1 atom stereocenters. The van der Waals surface area contributed by atoms with Gasteiger partial charge in [0.25, 0.3) is 5.91 Å². The summed E-state index contributed by atoms with van der Waals surface area (Å²) in [5.74, 6) is -0.366. The van der Waals surface area contributed by atoms with Gasteiger partial charge >= 0.3 is 0 Å². The molecule has 0 bridgehead atoms. The van der Waals surface area contributed by atoms with E-state index in [2.05, 4.69) is 15.7 Å². The van der Waals surface area contributed by atoms with Crippen LogP contribution in [0.25, 0.3) is 0 Å². The van der Waals surface area contributed by atoms with Gasteiger partial charge in [-0.1, -0.05) is 44.5 Å². The number of nitrogens with zero attached hydrogens (tertiary/aromatic N) is 1. The monoisotopic (exact) mass is 322 g/mol. The molecule has 5 heteroatoms. The second-order valence-corrected chi connectivity index (χ2v) is 8.30. The molecule has 0 aromatic heterocycles. The van der Waals surface area contributed by atoms with Crippen LogP contribution in [-0.2, 0) is 14.7 Å². The highest BCUT2D eigenvalue weighted by Crippen LogP contribution is 2.19. The standard InChI is InChI=1S/C17H26N2O2S/c1-6-7-8-13-18-22(21,19-16(20)17(3,4)5)15-11-9-14(2)10-12-15/h6,9-12H,1,7-8,13H2,2-5H3,(H,18,19,20,21). The van der Waals surface area contributed by atoms with Gasteiger partial charge in [-0.3, -0.25) is 4.79 Å². The van der Waals surface area contributed by atoms with E-state index in [-0.39, 0.29) is 5.91 Å². The van der Waals surface area contributed by atoms with E-state index in [0.29, 0.717) is 11.4 Å². The molecule has 0 fully saturated rings. The fourth-order valence-electron chi connectivity index (χ4n) is 1.60. The van der Waals surface area contributed by atoms with Gasteiger partial charge in [-0.05, 0) is 31.9 Å². The first kappa shape index (κ1) is 18.6. The van der Waals surface area contributed by atoms with Crippen molar-refractivity contribution in [2.75, 3.05) is 6.54 Å². The van der Waals surface area contributed by atoms with Crippen LogP contribution in [0, 0.1) is 12.3 Å². The molecule has 0 saturated carbocycles. The molecule has 1 rings (SSSR count). The van der Waals surface area contributed by atoms with E-state index >= 15 is 0 Å². The van der Waals surface area contributed by atoms with Crippen molar-refractivity contribution in [3.05, 3.63) is 42.5 Å². The van der Waals surface area contributed by atoms with E-state index in [1.807, 2.05) is 25.1 Å². The minimum Gasteiger partial charge on any atom is -0.271 e. The van der Waals surface area contributed by atoms with Gasteiger partial charge in [0.05, 0.1) is 4.90 Å². The number of benzene rings is 1. The first-order valence-electron chi connectivity index (χ1n) is 7.43. The summed E-state index contributed by atoms with van der Waals surface area (Å²) in [6.45, 7) is 11.4. The average Bonchev–Trinajstić information content (AvgIpc) is 2.43. The first-order valence-corrected chi connectivity index (χ1v) is 8.94. The fraction of sp³-hybridized carbons (Fsp3) is 0.471. The Hall–Kier alpha value is -1.46. The van der Waals surface area contributed by atoms with Crippen LogP contribution < -0.4 is 4.72 Å². The molecule has 22 heavy (non-hydrogen) atoms. The maximum Gasteiger partial charge on any atom is 0.260 e. The van der Waals surface area contributed by atoms with Crippen molar-refractivity contribution in [3.8, 4) is 0 Å². The van der Waals surface area contributed by atoms with Gasteiger partial charge in [0.2, 0.25) is 0 Å². The minimum atomic E-state index is -2.96. The van der Waals surface area contributed by atoms with Gasteiger partial charge in [0.1, 0.15) is 9.92 Å². The van der Waals surface area contributed by atoms with Gasteiger partial charge < -0.3 is 0 Å². The summed E-state index contributed by atoms with van der Waals surface area (Å²) in [6.07, 6.45) is 3.43. The normalized spacial score (nSPS) is 14.2. The number of nitrogens with one attached hydrogen (secondary N) is 1. The van der Waals surface area contributed by atoms with Crippen molar-refractivity contribution in [1.82, 2.24) is 4.72 Å². The quantitative estimate of drug-likeness (QED) is 0.638. The fourth-order valence-corrected chi connectivity index (χ4v) is 3.37. The smallest absolute Gasteiger partial charge is 0.260 e. The number of rotatable bonds is 6. The van der Waals surface area contributed by atoms with Crippen molar-refractivity contribution >= 4 is 15.8 Å². The Bertz CT molecular complexity index is 634. The molecule has 1 unspecified atom stereocenters. The molecular weight excluding hydrogens is 296 g/mol. The number of aryl methyl sites for hydroxylation is 1. The Labute approximate surface area is 134 Å². The van der Waals surface area contributed by atoms with Gasteiger partial charge in [0.15, 0.2) is 0 Å². The predicted octanol–water partition coefficient (Wildman–Crippen LogP) is 3.87. The molecule has 0 saturated heterocycles. The zero-order valence-electron chi connectivity index (χ0n) is 13.9. The van der Waals surface area contributed by atoms with Crippen LogP contribution in [0.4, 0.5) is 0 Å². The second kappa shape index (κ2) is 7.70. The highest BCUT2D eigenvalue weighted by molar-refractivity contribution is 7.92. The number of carbonyl (C=O) groups is 1. The molecule has 1 N–H and O–H groups in total. The Morgan fingerprint density at radius 2 is 1.91 bits per heavy atom. The summed E-state index contributed by atoms with van der Waals surface area (Å²) in [6, 6.07) is 7.27. The predicted molar refractivity (Wildman–Crippen MR) is 91.9 cm³/mol. The maximum atomic E-state index is 13.2. The molecule has 1 aromatic rings. The highest BCUT2D eigenvalue weighted by Gasteiger charge is 2.24. The molecule has 0 aliphatic heterocycles. The van der Waals surface area contributed by atoms with E-state index in [0.717, 1.165) is 18.4 Å². The zero-order valence-corrected chi connectivity index (χ0v) is 14.7. The van der Waals surface area contributed by atoms with Crippen LogP contribution >= 0.6 is 0 Å². The molecule has 4 nitrogen and oxygen atoms in total. The Morgan fingerprint density at radius 3 is 2.41 bits per heavy atom. The van der Waals surface area contributed by atoms with Crippen molar-refractivity contribution in [3.63, 3.8) is 0 Å². The summed E-state index contributed by atoms with van der Waals surface area (Å²) in [7, 11) is -2.96. The van der Waals surface area contributed by atoms with Gasteiger partial charge in [-0.15, -0.1) is 10.9 Å². The number of allylic oxidation sites excluding steroid dienone is 1. The Kier molecular flexibility index (Phi) is 6.50. The number of hydrogen-bond acceptors (Lipinski definition) is 2. The van der Waals surface area contributed by atoms with Crippen molar-refractivity contribution in [2.24, 2.45) is 9.78 Å². The summed E-state index contributed by atoms with van der Waals surface area (Å²) in [5.41, 5.74) is 0.412. The van der Waals surface area contributed by atoms with Gasteiger partial charge in [0, 0.05) is 12.0 Å². The lowest BCUT2D eigenvalue weighted by molar-refractivity contribution is -0.124. The summed E-state index contributed by atoms with van der Waals surface area (Å²) < 4.78 is 20.2. The van der Waals surface area contributed by atoms with E-state index in [1.54, 1.807) is 32.9 Å². The lowest BCUT2D eigenvalue weighted by Gasteiger charge is -2.16. The van der Waals surface area contributed by atoms with Crippen LogP contribution in [-0.4, -0.2) is 16.7 Å². The number of amides is 1. The SMILES string of the molecule is C=CCCCNS(=O)(=NC(=O)C(C)(C)C)c1ccc(C)cc1. The van der Waals surface area contributed by atoms with Crippen LogP contribution in [0.2, 0.25) is 0 Å². The molecule has 0 heterocycles. The van der Waals surface area contributed by atoms with Crippen LogP contribution in [0.1, 0.15) is 39.2 Å². The Morgan fingerprint density at radius 1 is 1.32 bits per heavy atom. The number of hydrogen-bond donors (Lipinski definition) is 1.